The Bertz CT molecular complexity index is 916. The molecule has 0 aliphatic heterocycles. The van der Waals surface area contributed by atoms with Crippen molar-refractivity contribution in [1.82, 2.24) is 10.6 Å². The Balaban J connectivity index is 0.00000450. The fourth-order valence-corrected chi connectivity index (χ4v) is 3.48. The summed E-state index contributed by atoms with van der Waals surface area (Å²) >= 11 is 0. The lowest BCUT2D eigenvalue weighted by Crippen LogP contribution is -2.38. The van der Waals surface area contributed by atoms with Gasteiger partial charge in [0.2, 0.25) is 0 Å². The van der Waals surface area contributed by atoms with E-state index in [9.17, 15) is 8.42 Å². The number of nitrogens with zero attached hydrogens (tertiary/aromatic N) is 1. The van der Waals surface area contributed by atoms with Crippen molar-refractivity contribution in [3.8, 4) is 0 Å². The van der Waals surface area contributed by atoms with Crippen LogP contribution < -0.4 is 10.6 Å². The molecule has 0 aliphatic rings. The number of aliphatic imine (C=N–C) groups is 1. The zero-order chi connectivity index (χ0) is 21.5. The van der Waals surface area contributed by atoms with Gasteiger partial charge in [0.05, 0.1) is 11.4 Å². The van der Waals surface area contributed by atoms with Gasteiger partial charge in [-0.05, 0) is 47.6 Å². The molecule has 0 fully saturated rings. The summed E-state index contributed by atoms with van der Waals surface area (Å²) in [6.07, 6.45) is 2.13. The van der Waals surface area contributed by atoms with E-state index in [4.69, 9.17) is 0 Å². The average Bonchev–Trinajstić information content (AvgIpc) is 2.65. The van der Waals surface area contributed by atoms with Crippen LogP contribution in [0.25, 0.3) is 0 Å². The summed E-state index contributed by atoms with van der Waals surface area (Å²) in [5, 5.41) is 6.61. The van der Waals surface area contributed by atoms with Crippen LogP contribution in [0, 0.1) is 0 Å². The Morgan fingerprint density at radius 2 is 1.50 bits per heavy atom. The quantitative estimate of drug-likeness (QED) is 0.311. The Hall–Kier alpha value is -1.61. The van der Waals surface area contributed by atoms with Crippen molar-refractivity contribution < 1.29 is 8.42 Å². The lowest BCUT2D eigenvalue weighted by molar-refractivity contribution is 0.590. The molecule has 0 amide bonds. The van der Waals surface area contributed by atoms with Gasteiger partial charge in [0, 0.05) is 19.3 Å². The average molecular weight is 544 g/mol. The monoisotopic (exact) mass is 543 g/mol. The molecule has 166 valence electrons. The first-order chi connectivity index (χ1) is 13.6. The van der Waals surface area contributed by atoms with Gasteiger partial charge in [0.25, 0.3) is 0 Å². The van der Waals surface area contributed by atoms with E-state index in [2.05, 4.69) is 60.7 Å². The zero-order valence-electron chi connectivity index (χ0n) is 18.5. The highest BCUT2D eigenvalue weighted by Gasteiger charge is 2.12. The molecule has 0 heterocycles. The number of rotatable bonds is 7. The predicted molar refractivity (Wildman–Crippen MR) is 137 cm³/mol. The minimum atomic E-state index is -3.17. The molecule has 2 N–H and O–H groups in total. The van der Waals surface area contributed by atoms with E-state index < -0.39 is 9.84 Å². The van der Waals surface area contributed by atoms with Crippen molar-refractivity contribution in [3.63, 3.8) is 0 Å². The van der Waals surface area contributed by atoms with Crippen LogP contribution in [-0.2, 0) is 28.2 Å². The smallest absolute Gasteiger partial charge is 0.191 e. The van der Waals surface area contributed by atoms with Crippen molar-refractivity contribution >= 4 is 39.8 Å². The molecule has 0 aromatic heterocycles. The Labute approximate surface area is 198 Å². The SMILES string of the molecule is CCNC(=NCc1ccc(S(C)(=O)=O)cc1)NCCc1ccc(C(C)(C)C)cc1.I. The van der Waals surface area contributed by atoms with Crippen LogP contribution in [0.1, 0.15) is 44.4 Å². The fourth-order valence-electron chi connectivity index (χ4n) is 2.85. The van der Waals surface area contributed by atoms with Gasteiger partial charge < -0.3 is 10.6 Å². The molecular formula is C23H34IN3O2S. The maximum absolute atomic E-state index is 11.6. The van der Waals surface area contributed by atoms with E-state index in [0.29, 0.717) is 11.4 Å². The van der Waals surface area contributed by atoms with E-state index >= 15 is 0 Å². The minimum absolute atomic E-state index is 0. The van der Waals surface area contributed by atoms with Crippen molar-refractivity contribution in [2.75, 3.05) is 19.3 Å². The number of hydrogen-bond donors (Lipinski definition) is 2. The third-order valence-corrected chi connectivity index (χ3v) is 5.77. The van der Waals surface area contributed by atoms with Gasteiger partial charge in [-0.3, -0.25) is 0 Å². The molecule has 2 aromatic carbocycles. The van der Waals surface area contributed by atoms with Crippen LogP contribution in [0.15, 0.2) is 58.4 Å². The lowest BCUT2D eigenvalue weighted by atomic mass is 9.86. The second-order valence-corrected chi connectivity index (χ2v) is 10.3. The van der Waals surface area contributed by atoms with Crippen molar-refractivity contribution in [3.05, 3.63) is 65.2 Å². The van der Waals surface area contributed by atoms with Crippen molar-refractivity contribution in [2.24, 2.45) is 4.99 Å². The summed E-state index contributed by atoms with van der Waals surface area (Å²) in [6, 6.07) is 15.7. The van der Waals surface area contributed by atoms with Crippen LogP contribution in [0.5, 0.6) is 0 Å². The van der Waals surface area contributed by atoms with Gasteiger partial charge in [-0.15, -0.1) is 24.0 Å². The standard InChI is InChI=1S/C23H33N3O2S.HI/c1-6-24-22(26-17-19-9-13-21(14-10-19)29(5,27)28)25-16-15-18-7-11-20(12-8-18)23(2,3)4;/h7-14H,6,15-17H2,1-5H3,(H2,24,25,26);1H. The Kier molecular flexibility index (Phi) is 10.3. The molecule has 7 heteroatoms. The Morgan fingerprint density at radius 1 is 0.933 bits per heavy atom. The molecule has 0 spiro atoms. The van der Waals surface area contributed by atoms with E-state index in [1.54, 1.807) is 24.3 Å². The zero-order valence-corrected chi connectivity index (χ0v) is 21.7. The first-order valence-electron chi connectivity index (χ1n) is 10.00. The normalized spacial score (nSPS) is 12.2. The molecule has 2 aromatic rings. The highest BCUT2D eigenvalue weighted by molar-refractivity contribution is 14.0. The fraction of sp³-hybridized carbons (Fsp3) is 0.435. The Morgan fingerprint density at radius 3 is 2.00 bits per heavy atom. The molecule has 0 bridgehead atoms. The molecule has 30 heavy (non-hydrogen) atoms. The summed E-state index contributed by atoms with van der Waals surface area (Å²) in [7, 11) is -3.17. The van der Waals surface area contributed by atoms with Crippen LogP contribution >= 0.6 is 24.0 Å². The van der Waals surface area contributed by atoms with Gasteiger partial charge in [0.15, 0.2) is 15.8 Å². The lowest BCUT2D eigenvalue weighted by Gasteiger charge is -2.19. The summed E-state index contributed by atoms with van der Waals surface area (Å²) in [5.74, 6) is 0.756. The molecule has 0 aliphatic carbocycles. The summed E-state index contributed by atoms with van der Waals surface area (Å²) in [6.45, 7) is 10.7. The number of hydrogen-bond acceptors (Lipinski definition) is 3. The number of halogens is 1. The molecular weight excluding hydrogens is 509 g/mol. The summed E-state index contributed by atoms with van der Waals surface area (Å²) < 4.78 is 23.1. The van der Waals surface area contributed by atoms with E-state index in [0.717, 1.165) is 31.0 Å². The maximum Gasteiger partial charge on any atom is 0.191 e. The maximum atomic E-state index is 11.6. The van der Waals surface area contributed by atoms with Crippen LogP contribution in [-0.4, -0.2) is 33.7 Å². The van der Waals surface area contributed by atoms with E-state index in [1.807, 2.05) is 6.92 Å². The van der Waals surface area contributed by atoms with Crippen molar-refractivity contribution in [2.45, 2.75) is 51.0 Å². The highest BCUT2D eigenvalue weighted by Crippen LogP contribution is 2.22. The highest BCUT2D eigenvalue weighted by atomic mass is 127. The van der Waals surface area contributed by atoms with Gasteiger partial charge >= 0.3 is 0 Å². The largest absolute Gasteiger partial charge is 0.357 e. The van der Waals surface area contributed by atoms with Gasteiger partial charge in [-0.2, -0.15) is 0 Å². The molecule has 0 saturated heterocycles. The van der Waals surface area contributed by atoms with E-state index in [-0.39, 0.29) is 29.4 Å². The van der Waals surface area contributed by atoms with Gasteiger partial charge in [-0.25, -0.2) is 13.4 Å². The molecule has 0 saturated carbocycles. The molecule has 0 radical (unpaired) electrons. The summed E-state index contributed by atoms with van der Waals surface area (Å²) in [5.41, 5.74) is 3.76. The van der Waals surface area contributed by atoms with Crippen LogP contribution in [0.2, 0.25) is 0 Å². The molecule has 0 atom stereocenters. The molecule has 2 rings (SSSR count). The molecule has 0 unspecified atom stereocenters. The van der Waals surface area contributed by atoms with Gasteiger partial charge in [0.1, 0.15) is 0 Å². The minimum Gasteiger partial charge on any atom is -0.357 e. The summed E-state index contributed by atoms with van der Waals surface area (Å²) in [4.78, 5) is 4.92. The van der Waals surface area contributed by atoms with Crippen molar-refractivity contribution in [1.29, 1.82) is 0 Å². The number of guanidine groups is 1. The predicted octanol–water partition coefficient (Wildman–Crippen LogP) is 4.30. The first-order valence-corrected chi connectivity index (χ1v) is 11.9. The number of sulfone groups is 1. The second kappa shape index (κ2) is 11.7. The first kappa shape index (κ1) is 26.4. The van der Waals surface area contributed by atoms with E-state index in [1.165, 1.54) is 17.4 Å². The second-order valence-electron chi connectivity index (χ2n) is 8.23. The van der Waals surface area contributed by atoms with Gasteiger partial charge in [-0.1, -0.05) is 57.2 Å². The third kappa shape index (κ3) is 8.63. The van der Waals surface area contributed by atoms with Crippen LogP contribution in [0.4, 0.5) is 0 Å². The molecule has 5 nitrogen and oxygen atoms in total. The van der Waals surface area contributed by atoms with Crippen LogP contribution in [0.3, 0.4) is 0 Å². The topological polar surface area (TPSA) is 70.6 Å². The number of nitrogens with one attached hydrogen (secondary N) is 2. The third-order valence-electron chi connectivity index (χ3n) is 4.64. The number of benzene rings is 2.